The Hall–Kier alpha value is -1.36. The molecule has 2 atom stereocenters. The van der Waals surface area contributed by atoms with Crippen LogP contribution in [0.2, 0.25) is 0 Å². The fraction of sp³-hybridized carbons (Fsp3) is 0.750. The molecular formula is C16H28N2O3. The van der Waals surface area contributed by atoms with Crippen molar-refractivity contribution in [2.24, 2.45) is 5.41 Å². The van der Waals surface area contributed by atoms with E-state index in [-0.39, 0.29) is 17.2 Å². The fourth-order valence-electron chi connectivity index (χ4n) is 2.43. The minimum Gasteiger partial charge on any atom is -0.375 e. The van der Waals surface area contributed by atoms with Gasteiger partial charge in [-0.15, -0.1) is 0 Å². The number of amides is 2. The van der Waals surface area contributed by atoms with Gasteiger partial charge in [-0.2, -0.15) is 0 Å². The van der Waals surface area contributed by atoms with Gasteiger partial charge in [0.15, 0.2) is 0 Å². The van der Waals surface area contributed by atoms with Crippen LogP contribution in [-0.2, 0) is 14.3 Å². The van der Waals surface area contributed by atoms with E-state index < -0.39 is 12.1 Å². The van der Waals surface area contributed by atoms with Gasteiger partial charge in [0.05, 0.1) is 13.2 Å². The Morgan fingerprint density at radius 1 is 1.38 bits per heavy atom. The molecule has 1 N–H and O–H groups in total. The zero-order valence-corrected chi connectivity index (χ0v) is 13.9. The van der Waals surface area contributed by atoms with Gasteiger partial charge in [0, 0.05) is 6.54 Å². The molecule has 120 valence electrons. The minimum atomic E-state index is -0.478. The van der Waals surface area contributed by atoms with Crippen LogP contribution in [0.1, 0.15) is 41.0 Å². The first-order chi connectivity index (χ1) is 9.68. The van der Waals surface area contributed by atoms with E-state index in [1.807, 2.05) is 34.6 Å². The highest BCUT2D eigenvalue weighted by molar-refractivity contribution is 5.97. The summed E-state index contributed by atoms with van der Waals surface area (Å²) in [5.74, 6) is -0.0928. The van der Waals surface area contributed by atoms with Crippen LogP contribution in [-0.4, -0.2) is 48.6 Å². The molecule has 0 radical (unpaired) electrons. The summed E-state index contributed by atoms with van der Waals surface area (Å²) in [7, 11) is 0. The van der Waals surface area contributed by atoms with Crippen molar-refractivity contribution in [1.29, 1.82) is 0 Å². The first-order valence-corrected chi connectivity index (χ1v) is 7.51. The van der Waals surface area contributed by atoms with E-state index in [2.05, 4.69) is 11.9 Å². The molecule has 0 bridgehead atoms. The minimum absolute atomic E-state index is 0.0205. The predicted molar refractivity (Wildman–Crippen MR) is 82.8 cm³/mol. The molecule has 0 aromatic heterocycles. The molecule has 1 heterocycles. The number of carbonyl (C=O) groups excluding carboxylic acids is 2. The van der Waals surface area contributed by atoms with Crippen LogP contribution in [0, 0.1) is 5.41 Å². The molecule has 0 saturated carbocycles. The van der Waals surface area contributed by atoms with Crippen LogP contribution in [0.15, 0.2) is 12.2 Å². The molecular weight excluding hydrogens is 268 g/mol. The summed E-state index contributed by atoms with van der Waals surface area (Å²) >= 11 is 0. The average molecular weight is 296 g/mol. The molecule has 1 aliphatic heterocycles. The third kappa shape index (κ3) is 4.56. The molecule has 2 amide bonds. The van der Waals surface area contributed by atoms with Crippen molar-refractivity contribution in [3.63, 3.8) is 0 Å². The summed E-state index contributed by atoms with van der Waals surface area (Å²) in [4.78, 5) is 26.5. The Labute approximate surface area is 127 Å². The Balaban J connectivity index is 2.77. The smallest absolute Gasteiger partial charge is 0.246 e. The molecule has 1 fully saturated rings. The number of carbonyl (C=O) groups is 2. The third-order valence-corrected chi connectivity index (χ3v) is 3.57. The van der Waals surface area contributed by atoms with E-state index in [1.165, 1.54) is 0 Å². The van der Waals surface area contributed by atoms with Crippen molar-refractivity contribution in [2.45, 2.75) is 53.1 Å². The summed E-state index contributed by atoms with van der Waals surface area (Å²) in [6.07, 6.45) is 0.606. The van der Waals surface area contributed by atoms with Gasteiger partial charge in [-0.05, 0) is 18.8 Å². The van der Waals surface area contributed by atoms with Gasteiger partial charge in [-0.1, -0.05) is 39.8 Å². The average Bonchev–Trinajstić information content (AvgIpc) is 2.36. The zero-order valence-electron chi connectivity index (χ0n) is 13.9. The zero-order chi connectivity index (χ0) is 16.2. The van der Waals surface area contributed by atoms with Crippen LogP contribution in [0.4, 0.5) is 0 Å². The number of nitrogens with one attached hydrogen (secondary N) is 1. The van der Waals surface area contributed by atoms with E-state index in [9.17, 15) is 9.59 Å². The van der Waals surface area contributed by atoms with Crippen LogP contribution < -0.4 is 5.32 Å². The topological polar surface area (TPSA) is 58.6 Å². The van der Waals surface area contributed by atoms with E-state index in [0.717, 1.165) is 5.57 Å². The Kier molecular flexibility index (Phi) is 5.96. The lowest BCUT2D eigenvalue weighted by atomic mass is 9.83. The molecule has 21 heavy (non-hydrogen) atoms. The lowest BCUT2D eigenvalue weighted by Gasteiger charge is -2.43. The molecule has 0 spiro atoms. The quantitative estimate of drug-likeness (QED) is 0.600. The lowest BCUT2D eigenvalue weighted by Crippen LogP contribution is -2.66. The van der Waals surface area contributed by atoms with E-state index in [1.54, 1.807) is 4.90 Å². The normalized spacial score (nSPS) is 23.2. The molecule has 1 rings (SSSR count). The van der Waals surface area contributed by atoms with Crippen molar-refractivity contribution >= 4 is 11.8 Å². The molecule has 0 aromatic carbocycles. The van der Waals surface area contributed by atoms with Gasteiger partial charge in [0.2, 0.25) is 11.8 Å². The largest absolute Gasteiger partial charge is 0.375 e. The van der Waals surface area contributed by atoms with Gasteiger partial charge in [0.1, 0.15) is 12.1 Å². The maximum atomic E-state index is 12.7. The molecule has 1 aliphatic rings. The Morgan fingerprint density at radius 3 is 2.48 bits per heavy atom. The van der Waals surface area contributed by atoms with E-state index in [0.29, 0.717) is 26.2 Å². The maximum Gasteiger partial charge on any atom is 0.246 e. The highest BCUT2D eigenvalue weighted by Gasteiger charge is 2.44. The number of rotatable bonds is 6. The number of hydrogen-bond acceptors (Lipinski definition) is 3. The lowest BCUT2D eigenvalue weighted by molar-refractivity contribution is -0.153. The van der Waals surface area contributed by atoms with Crippen LogP contribution in [0.3, 0.4) is 0 Å². The summed E-state index contributed by atoms with van der Waals surface area (Å²) < 4.78 is 5.47. The number of piperazine rings is 1. The number of ether oxygens (including phenoxy) is 1. The van der Waals surface area contributed by atoms with Crippen LogP contribution >= 0.6 is 0 Å². The van der Waals surface area contributed by atoms with Crippen LogP contribution in [0.25, 0.3) is 0 Å². The second-order valence-corrected chi connectivity index (χ2v) is 6.77. The monoisotopic (exact) mass is 296 g/mol. The second kappa shape index (κ2) is 7.07. The Morgan fingerprint density at radius 2 is 2.00 bits per heavy atom. The van der Waals surface area contributed by atoms with Crippen molar-refractivity contribution in [1.82, 2.24) is 10.2 Å². The van der Waals surface area contributed by atoms with E-state index in [4.69, 9.17) is 4.74 Å². The Bertz CT molecular complexity index is 412. The SMILES string of the molecule is C=C(C)COCCN1C(=O)C(C(C)(C)C)NC(=O)C1CC. The number of nitrogens with zero attached hydrogens (tertiary/aromatic N) is 1. The fourth-order valence-corrected chi connectivity index (χ4v) is 2.43. The molecule has 0 aromatic rings. The molecule has 5 nitrogen and oxygen atoms in total. The maximum absolute atomic E-state index is 12.7. The second-order valence-electron chi connectivity index (χ2n) is 6.77. The first-order valence-electron chi connectivity index (χ1n) is 7.51. The third-order valence-electron chi connectivity index (χ3n) is 3.57. The van der Waals surface area contributed by atoms with Crippen molar-refractivity contribution in [2.75, 3.05) is 19.8 Å². The highest BCUT2D eigenvalue weighted by Crippen LogP contribution is 2.25. The molecule has 2 unspecified atom stereocenters. The predicted octanol–water partition coefficient (Wildman–Crippen LogP) is 1.73. The van der Waals surface area contributed by atoms with Crippen molar-refractivity contribution in [3.05, 3.63) is 12.2 Å². The summed E-state index contributed by atoms with van der Waals surface area (Å²) in [5, 5.41) is 2.86. The van der Waals surface area contributed by atoms with Crippen LogP contribution in [0.5, 0.6) is 0 Å². The molecule has 0 aliphatic carbocycles. The summed E-state index contributed by atoms with van der Waals surface area (Å²) in [6.45, 7) is 14.8. The molecule has 1 saturated heterocycles. The van der Waals surface area contributed by atoms with Gasteiger partial charge in [-0.25, -0.2) is 0 Å². The van der Waals surface area contributed by atoms with Gasteiger partial charge < -0.3 is 15.0 Å². The summed E-state index contributed by atoms with van der Waals surface area (Å²) in [6, 6.07) is -0.876. The molecule has 5 heteroatoms. The van der Waals surface area contributed by atoms with Gasteiger partial charge in [-0.3, -0.25) is 9.59 Å². The number of hydrogen-bond donors (Lipinski definition) is 1. The first kappa shape index (κ1) is 17.7. The highest BCUT2D eigenvalue weighted by atomic mass is 16.5. The van der Waals surface area contributed by atoms with E-state index >= 15 is 0 Å². The van der Waals surface area contributed by atoms with Crippen molar-refractivity contribution in [3.8, 4) is 0 Å². The summed E-state index contributed by atoms with van der Waals surface area (Å²) in [5.41, 5.74) is 0.639. The van der Waals surface area contributed by atoms with Gasteiger partial charge in [0.25, 0.3) is 0 Å². The van der Waals surface area contributed by atoms with Gasteiger partial charge >= 0.3 is 0 Å². The standard InChI is InChI=1S/C16H28N2O3/c1-7-12-14(19)17-13(16(4,5)6)15(20)18(12)8-9-21-10-11(2)3/h12-13H,2,7-10H2,1,3-6H3,(H,17,19). The van der Waals surface area contributed by atoms with Crippen molar-refractivity contribution < 1.29 is 14.3 Å².